The van der Waals surface area contributed by atoms with Crippen LogP contribution in [0.25, 0.3) is 0 Å². The van der Waals surface area contributed by atoms with Crippen molar-refractivity contribution in [3.8, 4) is 0 Å². The maximum absolute atomic E-state index is 12.7. The number of hydrogen-bond donors (Lipinski definition) is 0. The second-order valence-electron chi connectivity index (χ2n) is 6.88. The first-order chi connectivity index (χ1) is 12.1. The number of rotatable bonds is 5. The number of nitrogens with zero attached hydrogens (tertiary/aromatic N) is 4. The molecule has 1 aliphatic rings. The fourth-order valence-corrected chi connectivity index (χ4v) is 3.31. The largest absolute Gasteiger partial charge is 0.341 e. The molecule has 1 saturated heterocycles. The Kier molecular flexibility index (Phi) is 5.76. The zero-order valence-electron chi connectivity index (χ0n) is 15.1. The van der Waals surface area contributed by atoms with Crippen molar-refractivity contribution < 1.29 is 4.79 Å². The van der Waals surface area contributed by atoms with Gasteiger partial charge in [-0.25, -0.2) is 0 Å². The lowest BCUT2D eigenvalue weighted by Gasteiger charge is -2.33. The topological polar surface area (TPSA) is 49.3 Å². The minimum Gasteiger partial charge on any atom is -0.341 e. The van der Waals surface area contributed by atoms with Gasteiger partial charge in [0.25, 0.3) is 0 Å². The van der Waals surface area contributed by atoms with E-state index in [2.05, 4.69) is 27.0 Å². The zero-order chi connectivity index (χ0) is 17.6. The van der Waals surface area contributed by atoms with Gasteiger partial charge < -0.3 is 4.90 Å². The maximum atomic E-state index is 12.7. The third-order valence-electron chi connectivity index (χ3n) is 4.80. The Morgan fingerprint density at radius 2 is 1.88 bits per heavy atom. The molecular weight excluding hydrogens is 312 g/mol. The van der Waals surface area contributed by atoms with Gasteiger partial charge in [0.15, 0.2) is 0 Å². The quantitative estimate of drug-likeness (QED) is 0.841. The summed E-state index contributed by atoms with van der Waals surface area (Å²) >= 11 is 0. The highest BCUT2D eigenvalue weighted by molar-refractivity contribution is 5.78. The summed E-state index contributed by atoms with van der Waals surface area (Å²) in [6.45, 7) is 5.31. The van der Waals surface area contributed by atoms with E-state index in [1.807, 2.05) is 49.5 Å². The average molecular weight is 338 g/mol. The van der Waals surface area contributed by atoms with Crippen LogP contribution in [0.3, 0.4) is 0 Å². The number of amides is 1. The number of piperidine rings is 1. The van der Waals surface area contributed by atoms with Gasteiger partial charge >= 0.3 is 0 Å². The molecule has 1 aromatic carbocycles. The van der Waals surface area contributed by atoms with Gasteiger partial charge in [0.05, 0.1) is 11.4 Å². The van der Waals surface area contributed by atoms with Crippen molar-refractivity contribution in [3.05, 3.63) is 59.7 Å². The number of carbonyl (C=O) groups excluding carboxylic acids is 1. The molecular formula is C20H26N4O. The van der Waals surface area contributed by atoms with Crippen LogP contribution in [0.4, 0.5) is 0 Å². The van der Waals surface area contributed by atoms with Gasteiger partial charge in [0.1, 0.15) is 0 Å². The lowest BCUT2D eigenvalue weighted by Crippen LogP contribution is -2.40. The molecule has 1 aromatic heterocycles. The molecule has 3 rings (SSSR count). The highest BCUT2D eigenvalue weighted by Crippen LogP contribution is 2.21. The van der Waals surface area contributed by atoms with E-state index in [1.54, 1.807) is 0 Å². The molecule has 0 N–H and O–H groups in total. The third kappa shape index (κ3) is 4.86. The molecule has 0 atom stereocenters. The fourth-order valence-electron chi connectivity index (χ4n) is 3.31. The highest BCUT2D eigenvalue weighted by Gasteiger charge is 2.27. The molecule has 0 unspecified atom stereocenters. The van der Waals surface area contributed by atoms with E-state index in [9.17, 15) is 4.79 Å². The van der Waals surface area contributed by atoms with Crippen LogP contribution >= 0.6 is 0 Å². The highest BCUT2D eigenvalue weighted by atomic mass is 16.2. The molecule has 0 bridgehead atoms. The number of carbonyl (C=O) groups is 1. The van der Waals surface area contributed by atoms with Gasteiger partial charge in [0, 0.05) is 38.4 Å². The van der Waals surface area contributed by atoms with E-state index in [4.69, 9.17) is 0 Å². The minimum absolute atomic E-state index is 0.133. The molecule has 1 aliphatic heterocycles. The lowest BCUT2D eigenvalue weighted by atomic mass is 9.95. The van der Waals surface area contributed by atoms with Gasteiger partial charge in [-0.2, -0.15) is 0 Å². The Morgan fingerprint density at radius 3 is 2.52 bits per heavy atom. The molecule has 0 radical (unpaired) electrons. The Hall–Kier alpha value is -2.27. The van der Waals surface area contributed by atoms with Gasteiger partial charge in [-0.15, -0.1) is 0 Å². The van der Waals surface area contributed by atoms with Crippen molar-refractivity contribution in [2.24, 2.45) is 5.92 Å². The Balaban J connectivity index is 1.48. The van der Waals surface area contributed by atoms with E-state index in [0.717, 1.165) is 43.9 Å². The molecule has 2 aromatic rings. The minimum atomic E-state index is 0.133. The summed E-state index contributed by atoms with van der Waals surface area (Å²) in [5.74, 6) is 0.396. The Labute approximate surface area is 149 Å². The summed E-state index contributed by atoms with van der Waals surface area (Å²) in [6.07, 6.45) is 5.48. The Morgan fingerprint density at radius 1 is 1.16 bits per heavy atom. The van der Waals surface area contributed by atoms with Crippen LogP contribution in [0.2, 0.25) is 0 Å². The van der Waals surface area contributed by atoms with Crippen LogP contribution in [0.1, 0.15) is 29.8 Å². The molecule has 5 heteroatoms. The number of aryl methyl sites for hydroxylation is 1. The second kappa shape index (κ2) is 8.21. The van der Waals surface area contributed by atoms with Gasteiger partial charge in [-0.05, 0) is 38.4 Å². The summed E-state index contributed by atoms with van der Waals surface area (Å²) < 4.78 is 0. The number of hydrogen-bond acceptors (Lipinski definition) is 4. The zero-order valence-corrected chi connectivity index (χ0v) is 15.1. The van der Waals surface area contributed by atoms with Crippen LogP contribution in [0.5, 0.6) is 0 Å². The summed E-state index contributed by atoms with van der Waals surface area (Å²) in [6, 6.07) is 10.2. The van der Waals surface area contributed by atoms with E-state index in [1.165, 1.54) is 5.56 Å². The number of benzene rings is 1. The van der Waals surface area contributed by atoms with Crippen molar-refractivity contribution >= 4 is 5.91 Å². The molecule has 1 amide bonds. The average Bonchev–Trinajstić information content (AvgIpc) is 2.64. The maximum Gasteiger partial charge on any atom is 0.225 e. The van der Waals surface area contributed by atoms with Crippen LogP contribution < -0.4 is 0 Å². The first-order valence-electron chi connectivity index (χ1n) is 8.90. The SMILES string of the molecule is Cc1cnc(CN2CCC(C(=O)N(C)Cc3ccccc3)CC2)cn1. The van der Waals surface area contributed by atoms with E-state index < -0.39 is 0 Å². The van der Waals surface area contributed by atoms with Crippen LogP contribution in [-0.2, 0) is 17.9 Å². The Bertz CT molecular complexity index is 679. The molecule has 2 heterocycles. The molecule has 25 heavy (non-hydrogen) atoms. The number of aromatic nitrogens is 2. The molecule has 5 nitrogen and oxygen atoms in total. The molecule has 0 aliphatic carbocycles. The summed E-state index contributed by atoms with van der Waals surface area (Å²) in [5.41, 5.74) is 3.11. The van der Waals surface area contributed by atoms with Crippen molar-refractivity contribution in [1.29, 1.82) is 0 Å². The molecule has 132 valence electrons. The molecule has 0 saturated carbocycles. The van der Waals surface area contributed by atoms with Crippen LogP contribution in [0, 0.1) is 12.8 Å². The van der Waals surface area contributed by atoms with Gasteiger partial charge in [0.2, 0.25) is 5.91 Å². The summed E-state index contributed by atoms with van der Waals surface area (Å²) in [4.78, 5) is 25.6. The van der Waals surface area contributed by atoms with Crippen molar-refractivity contribution in [2.45, 2.75) is 32.9 Å². The fraction of sp³-hybridized carbons (Fsp3) is 0.450. The van der Waals surface area contributed by atoms with Crippen molar-refractivity contribution in [3.63, 3.8) is 0 Å². The van der Waals surface area contributed by atoms with E-state index in [0.29, 0.717) is 6.54 Å². The predicted molar refractivity (Wildman–Crippen MR) is 97.7 cm³/mol. The third-order valence-corrected chi connectivity index (χ3v) is 4.80. The summed E-state index contributed by atoms with van der Waals surface area (Å²) in [5, 5.41) is 0. The lowest BCUT2D eigenvalue weighted by molar-refractivity contribution is -0.136. The van der Waals surface area contributed by atoms with Crippen molar-refractivity contribution in [2.75, 3.05) is 20.1 Å². The van der Waals surface area contributed by atoms with Crippen LogP contribution in [0.15, 0.2) is 42.7 Å². The smallest absolute Gasteiger partial charge is 0.225 e. The normalized spacial score (nSPS) is 15.9. The van der Waals surface area contributed by atoms with Crippen LogP contribution in [-0.4, -0.2) is 45.8 Å². The van der Waals surface area contributed by atoms with E-state index >= 15 is 0 Å². The number of likely N-dealkylation sites (tertiary alicyclic amines) is 1. The standard InChI is InChI=1S/C20H26N4O/c1-16-12-22-19(13-21-16)15-24-10-8-18(9-11-24)20(25)23(2)14-17-6-4-3-5-7-17/h3-7,12-13,18H,8-11,14-15H2,1-2H3. The first kappa shape index (κ1) is 17.5. The van der Waals surface area contributed by atoms with Gasteiger partial charge in [-0.3, -0.25) is 19.7 Å². The summed E-state index contributed by atoms with van der Waals surface area (Å²) in [7, 11) is 1.91. The second-order valence-corrected chi connectivity index (χ2v) is 6.88. The predicted octanol–water partition coefficient (Wildman–Crippen LogP) is 2.66. The molecule has 0 spiro atoms. The van der Waals surface area contributed by atoms with Crippen molar-refractivity contribution in [1.82, 2.24) is 19.8 Å². The van der Waals surface area contributed by atoms with E-state index in [-0.39, 0.29) is 11.8 Å². The van der Waals surface area contributed by atoms with Gasteiger partial charge in [-0.1, -0.05) is 30.3 Å². The first-order valence-corrected chi connectivity index (χ1v) is 8.90. The monoisotopic (exact) mass is 338 g/mol. The molecule has 1 fully saturated rings.